The van der Waals surface area contributed by atoms with Gasteiger partial charge in [0.05, 0.1) is 6.04 Å². The Morgan fingerprint density at radius 3 is 2.42 bits per heavy atom. The molecule has 0 aromatic heterocycles. The van der Waals surface area contributed by atoms with Crippen molar-refractivity contribution >= 4 is 5.91 Å². The van der Waals surface area contributed by atoms with Gasteiger partial charge >= 0.3 is 0 Å². The lowest BCUT2D eigenvalue weighted by molar-refractivity contribution is -0.135. The van der Waals surface area contributed by atoms with Crippen LogP contribution in [-0.2, 0) is 4.79 Å². The second-order valence-electron chi connectivity index (χ2n) is 6.02. The van der Waals surface area contributed by atoms with E-state index in [0.717, 1.165) is 45.2 Å². The highest BCUT2D eigenvalue weighted by molar-refractivity contribution is 5.82. The summed E-state index contributed by atoms with van der Waals surface area (Å²) >= 11 is 0. The van der Waals surface area contributed by atoms with Gasteiger partial charge in [0.1, 0.15) is 0 Å². The first-order valence-corrected chi connectivity index (χ1v) is 7.77. The highest BCUT2D eigenvalue weighted by Crippen LogP contribution is 2.24. The summed E-state index contributed by atoms with van der Waals surface area (Å²) in [4.78, 5) is 16.7. The number of rotatable bonds is 8. The predicted molar refractivity (Wildman–Crippen MR) is 80.0 cm³/mol. The lowest BCUT2D eigenvalue weighted by atomic mass is 10.1. The van der Waals surface area contributed by atoms with Crippen molar-refractivity contribution in [3.05, 3.63) is 0 Å². The number of hydrogen-bond acceptors (Lipinski definition) is 3. The lowest BCUT2D eigenvalue weighted by Crippen LogP contribution is -2.50. The molecule has 19 heavy (non-hydrogen) atoms. The summed E-state index contributed by atoms with van der Waals surface area (Å²) < 4.78 is 0. The fraction of sp³-hybridized carbons (Fsp3) is 0.933. The number of hydrogen-bond donors (Lipinski definition) is 1. The van der Waals surface area contributed by atoms with E-state index in [2.05, 4.69) is 16.7 Å². The number of nitrogens with zero attached hydrogens (tertiary/aromatic N) is 2. The van der Waals surface area contributed by atoms with Crippen LogP contribution in [0.2, 0.25) is 0 Å². The molecule has 0 bridgehead atoms. The molecule has 0 radical (unpaired) electrons. The third-order valence-corrected chi connectivity index (χ3v) is 4.02. The SMILES string of the molecule is CCCCC(N)C(=O)N(CCN(C)C)C1CCCC1. The van der Waals surface area contributed by atoms with Gasteiger partial charge in [0.25, 0.3) is 0 Å². The third kappa shape index (κ3) is 5.49. The minimum absolute atomic E-state index is 0.169. The van der Waals surface area contributed by atoms with Crippen molar-refractivity contribution in [1.82, 2.24) is 9.80 Å². The molecular formula is C15H31N3O. The van der Waals surface area contributed by atoms with Crippen LogP contribution in [-0.4, -0.2) is 55.0 Å². The van der Waals surface area contributed by atoms with Gasteiger partial charge in [-0.15, -0.1) is 0 Å². The fourth-order valence-corrected chi connectivity index (χ4v) is 2.76. The van der Waals surface area contributed by atoms with Crippen LogP contribution < -0.4 is 5.73 Å². The van der Waals surface area contributed by atoms with Gasteiger partial charge in [0, 0.05) is 19.1 Å². The lowest BCUT2D eigenvalue weighted by Gasteiger charge is -2.32. The van der Waals surface area contributed by atoms with E-state index in [9.17, 15) is 4.79 Å². The van der Waals surface area contributed by atoms with E-state index in [1.165, 1.54) is 12.8 Å². The van der Waals surface area contributed by atoms with Gasteiger partial charge in [-0.2, -0.15) is 0 Å². The number of unbranched alkanes of at least 4 members (excludes halogenated alkanes) is 1. The van der Waals surface area contributed by atoms with Gasteiger partial charge < -0.3 is 15.5 Å². The van der Waals surface area contributed by atoms with Gasteiger partial charge in [0.2, 0.25) is 5.91 Å². The van der Waals surface area contributed by atoms with Crippen molar-refractivity contribution in [3.8, 4) is 0 Å². The quantitative estimate of drug-likeness (QED) is 0.731. The summed E-state index contributed by atoms with van der Waals surface area (Å²) in [6.07, 6.45) is 7.77. The zero-order valence-corrected chi connectivity index (χ0v) is 12.9. The van der Waals surface area contributed by atoms with E-state index in [0.29, 0.717) is 6.04 Å². The molecule has 1 aliphatic carbocycles. The van der Waals surface area contributed by atoms with E-state index >= 15 is 0 Å². The molecule has 1 saturated carbocycles. The summed E-state index contributed by atoms with van der Waals surface area (Å²) in [5.41, 5.74) is 6.07. The Balaban J connectivity index is 2.57. The number of likely N-dealkylation sites (N-methyl/N-ethyl adjacent to an activating group) is 1. The first-order chi connectivity index (χ1) is 9.06. The van der Waals surface area contributed by atoms with Crippen LogP contribution in [0.3, 0.4) is 0 Å². The van der Waals surface area contributed by atoms with Gasteiger partial charge in [-0.25, -0.2) is 0 Å². The third-order valence-electron chi connectivity index (χ3n) is 4.02. The van der Waals surface area contributed by atoms with E-state index < -0.39 is 0 Å². The van der Waals surface area contributed by atoms with Crippen LogP contribution in [0.15, 0.2) is 0 Å². The van der Waals surface area contributed by atoms with Crippen molar-refractivity contribution in [2.75, 3.05) is 27.2 Å². The van der Waals surface area contributed by atoms with E-state index in [-0.39, 0.29) is 11.9 Å². The molecule has 1 amide bonds. The zero-order chi connectivity index (χ0) is 14.3. The number of carbonyl (C=O) groups is 1. The number of nitrogens with two attached hydrogens (primary N) is 1. The van der Waals surface area contributed by atoms with Crippen LogP contribution in [0.5, 0.6) is 0 Å². The van der Waals surface area contributed by atoms with Crippen LogP contribution >= 0.6 is 0 Å². The topological polar surface area (TPSA) is 49.6 Å². The van der Waals surface area contributed by atoms with E-state index in [4.69, 9.17) is 5.73 Å². The smallest absolute Gasteiger partial charge is 0.239 e. The normalized spacial score (nSPS) is 17.9. The van der Waals surface area contributed by atoms with Crippen molar-refractivity contribution in [3.63, 3.8) is 0 Å². The summed E-state index contributed by atoms with van der Waals surface area (Å²) in [6, 6.07) is 0.128. The second kappa shape index (κ2) is 8.54. The molecule has 1 atom stereocenters. The molecule has 0 aromatic carbocycles. The predicted octanol–water partition coefficient (Wildman–Crippen LogP) is 1.84. The first-order valence-electron chi connectivity index (χ1n) is 7.77. The molecule has 0 aromatic rings. The largest absolute Gasteiger partial charge is 0.337 e. The molecule has 1 aliphatic rings. The molecule has 4 nitrogen and oxygen atoms in total. The summed E-state index contributed by atoms with van der Waals surface area (Å²) in [5, 5.41) is 0. The Kier molecular flexibility index (Phi) is 7.39. The van der Waals surface area contributed by atoms with Gasteiger partial charge in [0.15, 0.2) is 0 Å². The van der Waals surface area contributed by atoms with Crippen molar-refractivity contribution < 1.29 is 4.79 Å². The Hall–Kier alpha value is -0.610. The molecule has 0 aliphatic heterocycles. The average molecular weight is 269 g/mol. The monoisotopic (exact) mass is 269 g/mol. The summed E-state index contributed by atoms with van der Waals surface area (Å²) in [5.74, 6) is 0.169. The maximum absolute atomic E-state index is 12.5. The molecular weight excluding hydrogens is 238 g/mol. The molecule has 0 heterocycles. The van der Waals surface area contributed by atoms with Crippen LogP contribution in [0.1, 0.15) is 51.9 Å². The van der Waals surface area contributed by atoms with Gasteiger partial charge in [-0.3, -0.25) is 4.79 Å². The number of amides is 1. The van der Waals surface area contributed by atoms with Crippen LogP contribution in [0.25, 0.3) is 0 Å². The van der Waals surface area contributed by atoms with Gasteiger partial charge in [-0.05, 0) is 33.4 Å². The molecule has 1 unspecified atom stereocenters. The van der Waals surface area contributed by atoms with Crippen molar-refractivity contribution in [2.45, 2.75) is 64.0 Å². The number of carbonyl (C=O) groups excluding carboxylic acids is 1. The molecule has 1 fully saturated rings. The fourth-order valence-electron chi connectivity index (χ4n) is 2.76. The van der Waals surface area contributed by atoms with Crippen LogP contribution in [0, 0.1) is 0 Å². The Labute approximate surface area is 118 Å². The van der Waals surface area contributed by atoms with E-state index in [1.807, 2.05) is 14.1 Å². The maximum atomic E-state index is 12.5. The Morgan fingerprint density at radius 2 is 1.89 bits per heavy atom. The summed E-state index contributed by atoms with van der Waals surface area (Å²) in [7, 11) is 4.10. The minimum Gasteiger partial charge on any atom is -0.337 e. The zero-order valence-electron chi connectivity index (χ0n) is 12.9. The maximum Gasteiger partial charge on any atom is 0.239 e. The standard InChI is InChI=1S/C15H31N3O/c1-4-5-10-14(16)15(19)18(12-11-17(2)3)13-8-6-7-9-13/h13-14H,4-12,16H2,1-3H3. The Bertz CT molecular complexity index is 262. The molecule has 112 valence electrons. The molecule has 4 heteroatoms. The van der Waals surface area contributed by atoms with Crippen LogP contribution in [0.4, 0.5) is 0 Å². The average Bonchev–Trinajstić information content (AvgIpc) is 2.89. The molecule has 0 saturated heterocycles. The highest BCUT2D eigenvalue weighted by Gasteiger charge is 2.29. The summed E-state index contributed by atoms with van der Waals surface area (Å²) in [6.45, 7) is 3.87. The Morgan fingerprint density at radius 1 is 1.26 bits per heavy atom. The molecule has 0 spiro atoms. The first kappa shape index (κ1) is 16.4. The van der Waals surface area contributed by atoms with Crippen molar-refractivity contribution in [1.29, 1.82) is 0 Å². The second-order valence-corrected chi connectivity index (χ2v) is 6.02. The highest BCUT2D eigenvalue weighted by atomic mass is 16.2. The van der Waals surface area contributed by atoms with Crippen molar-refractivity contribution in [2.24, 2.45) is 5.73 Å². The van der Waals surface area contributed by atoms with E-state index in [1.54, 1.807) is 0 Å². The minimum atomic E-state index is -0.303. The molecule has 2 N–H and O–H groups in total. The van der Waals surface area contributed by atoms with Gasteiger partial charge in [-0.1, -0.05) is 32.6 Å². The molecule has 1 rings (SSSR count).